The molecular formula is C14H10F4O2. The van der Waals surface area contributed by atoms with Crippen molar-refractivity contribution in [2.75, 3.05) is 0 Å². The quantitative estimate of drug-likeness (QED) is 0.869. The van der Waals surface area contributed by atoms with Gasteiger partial charge >= 0.3 is 6.61 Å². The van der Waals surface area contributed by atoms with E-state index in [9.17, 15) is 22.7 Å². The highest BCUT2D eigenvalue weighted by molar-refractivity contribution is 5.34. The molecule has 2 aromatic rings. The summed E-state index contributed by atoms with van der Waals surface area (Å²) in [5, 5.41) is 9.97. The molecule has 0 radical (unpaired) electrons. The fourth-order valence-corrected chi connectivity index (χ4v) is 1.74. The van der Waals surface area contributed by atoms with Crippen LogP contribution < -0.4 is 4.74 Å². The van der Waals surface area contributed by atoms with Gasteiger partial charge in [0.05, 0.1) is 0 Å². The van der Waals surface area contributed by atoms with E-state index in [2.05, 4.69) is 4.74 Å². The molecule has 2 nitrogen and oxygen atoms in total. The molecular weight excluding hydrogens is 276 g/mol. The fourth-order valence-electron chi connectivity index (χ4n) is 1.74. The number of hydrogen-bond acceptors (Lipinski definition) is 2. The topological polar surface area (TPSA) is 29.5 Å². The third-order valence-electron chi connectivity index (χ3n) is 2.70. The molecule has 0 amide bonds. The van der Waals surface area contributed by atoms with Gasteiger partial charge in [-0.1, -0.05) is 24.3 Å². The Morgan fingerprint density at radius 2 is 1.60 bits per heavy atom. The van der Waals surface area contributed by atoms with Gasteiger partial charge in [-0.25, -0.2) is 8.78 Å². The van der Waals surface area contributed by atoms with Gasteiger partial charge in [0.1, 0.15) is 11.9 Å². The van der Waals surface area contributed by atoms with E-state index >= 15 is 0 Å². The lowest BCUT2D eigenvalue weighted by Crippen LogP contribution is -2.05. The standard InChI is InChI=1S/C14H10F4O2/c15-11-3-1-2-10(12(11)16)13(19)8-4-6-9(7-5-8)20-14(17)18/h1-7,13-14,19H. The van der Waals surface area contributed by atoms with Crippen LogP contribution in [0.25, 0.3) is 0 Å². The summed E-state index contributed by atoms with van der Waals surface area (Å²) in [6, 6.07) is 8.46. The molecule has 1 N–H and O–H groups in total. The Balaban J connectivity index is 2.25. The van der Waals surface area contributed by atoms with Crippen LogP contribution in [0.15, 0.2) is 42.5 Å². The highest BCUT2D eigenvalue weighted by Gasteiger charge is 2.17. The first-order valence-corrected chi connectivity index (χ1v) is 5.66. The molecule has 0 fully saturated rings. The zero-order chi connectivity index (χ0) is 14.7. The Morgan fingerprint density at radius 1 is 0.950 bits per heavy atom. The molecule has 2 rings (SSSR count). The maximum atomic E-state index is 13.5. The van der Waals surface area contributed by atoms with Gasteiger partial charge < -0.3 is 9.84 Å². The minimum absolute atomic E-state index is 0.0873. The van der Waals surface area contributed by atoms with Crippen molar-refractivity contribution in [1.29, 1.82) is 0 Å². The summed E-state index contributed by atoms with van der Waals surface area (Å²) in [6.45, 7) is -2.95. The van der Waals surface area contributed by atoms with Crippen molar-refractivity contribution >= 4 is 0 Å². The van der Waals surface area contributed by atoms with Gasteiger partial charge in [0, 0.05) is 5.56 Å². The smallest absolute Gasteiger partial charge is 0.387 e. The maximum absolute atomic E-state index is 13.5. The van der Waals surface area contributed by atoms with E-state index in [0.717, 1.165) is 6.07 Å². The van der Waals surface area contributed by atoms with Crippen molar-refractivity contribution in [3.63, 3.8) is 0 Å². The average molecular weight is 286 g/mol. The van der Waals surface area contributed by atoms with Gasteiger partial charge in [-0.05, 0) is 23.8 Å². The second kappa shape index (κ2) is 5.92. The largest absolute Gasteiger partial charge is 0.435 e. The van der Waals surface area contributed by atoms with Crippen LogP contribution in [-0.4, -0.2) is 11.7 Å². The number of alkyl halides is 2. The lowest BCUT2D eigenvalue weighted by atomic mass is 10.0. The maximum Gasteiger partial charge on any atom is 0.387 e. The Kier molecular flexibility index (Phi) is 4.24. The molecule has 0 aliphatic heterocycles. The molecule has 106 valence electrons. The van der Waals surface area contributed by atoms with Gasteiger partial charge in [0.15, 0.2) is 11.6 Å². The first kappa shape index (κ1) is 14.3. The summed E-state index contributed by atoms with van der Waals surface area (Å²) in [5.41, 5.74) is 0.00337. The third kappa shape index (κ3) is 3.08. The van der Waals surface area contributed by atoms with Gasteiger partial charge in [-0.15, -0.1) is 0 Å². The van der Waals surface area contributed by atoms with Crippen LogP contribution in [-0.2, 0) is 0 Å². The number of halogens is 4. The first-order valence-electron chi connectivity index (χ1n) is 5.66. The Labute approximate surface area is 112 Å². The average Bonchev–Trinajstić information content (AvgIpc) is 2.41. The number of benzene rings is 2. The summed E-state index contributed by atoms with van der Waals surface area (Å²) in [7, 11) is 0. The van der Waals surface area contributed by atoms with Gasteiger partial charge in [0.25, 0.3) is 0 Å². The molecule has 0 bridgehead atoms. The Bertz CT molecular complexity index is 584. The zero-order valence-corrected chi connectivity index (χ0v) is 10.1. The highest BCUT2D eigenvalue weighted by Crippen LogP contribution is 2.27. The zero-order valence-electron chi connectivity index (χ0n) is 10.1. The SMILES string of the molecule is OC(c1ccc(OC(F)F)cc1)c1cccc(F)c1F. The number of rotatable bonds is 4. The van der Waals surface area contributed by atoms with Crippen LogP contribution in [0.1, 0.15) is 17.2 Å². The van der Waals surface area contributed by atoms with Crippen molar-refractivity contribution in [2.24, 2.45) is 0 Å². The van der Waals surface area contributed by atoms with Crippen LogP contribution >= 0.6 is 0 Å². The van der Waals surface area contributed by atoms with Crippen LogP contribution in [0.5, 0.6) is 5.75 Å². The summed E-state index contributed by atoms with van der Waals surface area (Å²) < 4.78 is 54.7. The van der Waals surface area contributed by atoms with E-state index in [1.165, 1.54) is 36.4 Å². The second-order valence-electron chi connectivity index (χ2n) is 3.99. The molecule has 0 aliphatic rings. The van der Waals surface area contributed by atoms with Crippen LogP contribution in [0.4, 0.5) is 17.6 Å². The van der Waals surface area contributed by atoms with Crippen molar-refractivity contribution in [3.8, 4) is 5.75 Å². The molecule has 1 atom stereocenters. The second-order valence-corrected chi connectivity index (χ2v) is 3.99. The third-order valence-corrected chi connectivity index (χ3v) is 2.70. The molecule has 0 saturated carbocycles. The number of aliphatic hydroxyl groups is 1. The minimum Gasteiger partial charge on any atom is -0.435 e. The van der Waals surface area contributed by atoms with Crippen LogP contribution in [0.3, 0.4) is 0 Å². The summed E-state index contributed by atoms with van der Waals surface area (Å²) in [6.07, 6.45) is -1.40. The Hall–Kier alpha value is -2.08. The lowest BCUT2D eigenvalue weighted by Gasteiger charge is -2.13. The summed E-state index contributed by atoms with van der Waals surface area (Å²) >= 11 is 0. The van der Waals surface area contributed by atoms with Crippen molar-refractivity contribution in [3.05, 3.63) is 65.2 Å². The molecule has 20 heavy (non-hydrogen) atoms. The molecule has 0 spiro atoms. The van der Waals surface area contributed by atoms with Crippen molar-refractivity contribution < 1.29 is 27.4 Å². The fraction of sp³-hybridized carbons (Fsp3) is 0.143. The number of ether oxygens (including phenoxy) is 1. The van der Waals surface area contributed by atoms with E-state index < -0.39 is 24.3 Å². The highest BCUT2D eigenvalue weighted by atomic mass is 19.3. The van der Waals surface area contributed by atoms with Gasteiger partial charge in [-0.3, -0.25) is 0 Å². The van der Waals surface area contributed by atoms with E-state index in [4.69, 9.17) is 0 Å². The van der Waals surface area contributed by atoms with E-state index in [1.54, 1.807) is 0 Å². The predicted octanol–water partition coefficient (Wildman–Crippen LogP) is 3.65. The first-order chi connectivity index (χ1) is 9.49. The molecule has 0 aliphatic carbocycles. The van der Waals surface area contributed by atoms with Crippen LogP contribution in [0, 0.1) is 11.6 Å². The predicted molar refractivity (Wildman–Crippen MR) is 63.5 cm³/mol. The Morgan fingerprint density at radius 3 is 2.20 bits per heavy atom. The van der Waals surface area contributed by atoms with E-state index in [0.29, 0.717) is 0 Å². The van der Waals surface area contributed by atoms with Crippen LogP contribution in [0.2, 0.25) is 0 Å². The summed E-state index contributed by atoms with van der Waals surface area (Å²) in [4.78, 5) is 0. The van der Waals surface area contributed by atoms with E-state index in [1.807, 2.05) is 0 Å². The molecule has 2 aromatic carbocycles. The minimum atomic E-state index is -2.95. The molecule has 0 saturated heterocycles. The van der Waals surface area contributed by atoms with Gasteiger partial charge in [-0.2, -0.15) is 8.78 Å². The van der Waals surface area contributed by atoms with Crippen molar-refractivity contribution in [2.45, 2.75) is 12.7 Å². The van der Waals surface area contributed by atoms with E-state index in [-0.39, 0.29) is 16.9 Å². The molecule has 6 heteroatoms. The molecule has 0 aromatic heterocycles. The van der Waals surface area contributed by atoms with Crippen molar-refractivity contribution in [1.82, 2.24) is 0 Å². The lowest BCUT2D eigenvalue weighted by molar-refractivity contribution is -0.0498. The normalized spacial score (nSPS) is 12.5. The number of aliphatic hydroxyl groups excluding tert-OH is 1. The number of hydrogen-bond donors (Lipinski definition) is 1. The molecule has 0 heterocycles. The summed E-state index contributed by atoms with van der Waals surface area (Å²) in [5.74, 6) is -2.30. The van der Waals surface area contributed by atoms with Gasteiger partial charge in [0.2, 0.25) is 0 Å². The monoisotopic (exact) mass is 286 g/mol. The molecule has 1 unspecified atom stereocenters.